The first-order valence-electron chi connectivity index (χ1n) is 6.49. The van der Waals surface area contributed by atoms with Crippen LogP contribution >= 0.6 is 0 Å². The topological polar surface area (TPSA) is 26.0 Å². The molecule has 0 amide bonds. The van der Waals surface area contributed by atoms with Gasteiger partial charge in [0.05, 0.1) is 0 Å². The van der Waals surface area contributed by atoms with Crippen LogP contribution in [0.3, 0.4) is 0 Å². The summed E-state index contributed by atoms with van der Waals surface area (Å²) in [7, 11) is 0. The maximum absolute atomic E-state index is 5.44. The molecule has 1 heteroatoms. The highest BCUT2D eigenvalue weighted by Gasteiger charge is 1.97. The van der Waals surface area contributed by atoms with Gasteiger partial charge in [-0.3, -0.25) is 0 Å². The zero-order chi connectivity index (χ0) is 13.5. The van der Waals surface area contributed by atoms with E-state index in [-0.39, 0.29) is 0 Å². The third-order valence-corrected chi connectivity index (χ3v) is 3.03. The number of nitrogens with two attached hydrogens (primary N) is 1. The fourth-order valence-electron chi connectivity index (χ4n) is 1.94. The van der Waals surface area contributed by atoms with Gasteiger partial charge in [-0.1, -0.05) is 66.7 Å². The van der Waals surface area contributed by atoms with Gasteiger partial charge in [-0.2, -0.15) is 0 Å². The Labute approximate surface area is 115 Å². The Hall–Kier alpha value is -2.28. The van der Waals surface area contributed by atoms with E-state index in [0.29, 0.717) is 0 Å². The van der Waals surface area contributed by atoms with Gasteiger partial charge in [0.1, 0.15) is 0 Å². The monoisotopic (exact) mass is 249 g/mol. The molecule has 19 heavy (non-hydrogen) atoms. The largest absolute Gasteiger partial charge is 0.404 e. The van der Waals surface area contributed by atoms with Gasteiger partial charge in [-0.05, 0) is 41.8 Å². The van der Waals surface area contributed by atoms with Crippen molar-refractivity contribution in [3.05, 3.63) is 84.1 Å². The lowest BCUT2D eigenvalue weighted by Gasteiger charge is -2.04. The zero-order valence-electron chi connectivity index (χ0n) is 11.2. The van der Waals surface area contributed by atoms with Crippen LogP contribution < -0.4 is 5.73 Å². The molecule has 0 spiro atoms. The predicted octanol–water partition coefficient (Wildman–Crippen LogP) is 4.31. The fraction of sp³-hybridized carbons (Fsp3) is 0.111. The summed E-state index contributed by atoms with van der Waals surface area (Å²) >= 11 is 0. The Morgan fingerprint density at radius 2 is 1.74 bits per heavy atom. The maximum Gasteiger partial charge on any atom is -0.00327 e. The highest BCUT2D eigenvalue weighted by Crippen LogP contribution is 2.20. The van der Waals surface area contributed by atoms with Crippen LogP contribution in [-0.4, -0.2) is 0 Å². The van der Waals surface area contributed by atoms with Crippen molar-refractivity contribution in [3.8, 4) is 11.1 Å². The van der Waals surface area contributed by atoms with Gasteiger partial charge in [0.2, 0.25) is 0 Å². The third kappa shape index (κ3) is 3.85. The Bertz CT molecular complexity index is 580. The molecule has 0 fully saturated rings. The molecule has 0 heterocycles. The van der Waals surface area contributed by atoms with Crippen LogP contribution in [0.4, 0.5) is 0 Å². The van der Waals surface area contributed by atoms with Crippen molar-refractivity contribution in [3.63, 3.8) is 0 Å². The van der Waals surface area contributed by atoms with E-state index in [2.05, 4.69) is 60.7 Å². The molecule has 0 saturated carbocycles. The minimum atomic E-state index is 0.922. The molecule has 0 bridgehead atoms. The lowest BCUT2D eigenvalue weighted by atomic mass is 10.0. The second-order valence-electron chi connectivity index (χ2n) is 4.58. The second-order valence-corrected chi connectivity index (χ2v) is 4.58. The van der Waals surface area contributed by atoms with E-state index in [9.17, 15) is 0 Å². The molecule has 2 N–H and O–H groups in total. The number of allylic oxidation sites excluding steroid dienone is 3. The maximum atomic E-state index is 5.44. The Kier molecular flexibility index (Phi) is 4.57. The van der Waals surface area contributed by atoms with E-state index in [0.717, 1.165) is 12.0 Å². The summed E-state index contributed by atoms with van der Waals surface area (Å²) in [5.41, 5.74) is 10.3. The fourth-order valence-corrected chi connectivity index (χ4v) is 1.94. The molecule has 2 aromatic carbocycles. The Morgan fingerprint density at radius 3 is 2.47 bits per heavy atom. The summed E-state index contributed by atoms with van der Waals surface area (Å²) in [4.78, 5) is 0. The molecule has 0 aliphatic rings. The zero-order valence-corrected chi connectivity index (χ0v) is 11.2. The van der Waals surface area contributed by atoms with Gasteiger partial charge in [-0.25, -0.2) is 0 Å². The second kappa shape index (κ2) is 6.60. The van der Waals surface area contributed by atoms with Crippen LogP contribution in [0.1, 0.15) is 12.5 Å². The summed E-state index contributed by atoms with van der Waals surface area (Å²) in [6.07, 6.45) is 6.74. The highest BCUT2D eigenvalue weighted by molar-refractivity contribution is 5.64. The Balaban J connectivity index is 2.14. The summed E-state index contributed by atoms with van der Waals surface area (Å²) in [6.45, 7) is 2.00. The molecule has 0 saturated heterocycles. The van der Waals surface area contributed by atoms with Crippen LogP contribution in [0.15, 0.2) is 78.5 Å². The average molecular weight is 249 g/mol. The van der Waals surface area contributed by atoms with E-state index in [1.165, 1.54) is 16.7 Å². The van der Waals surface area contributed by atoms with Crippen molar-refractivity contribution in [1.29, 1.82) is 0 Å². The molecule has 2 aromatic rings. The molecular formula is C18H19N. The van der Waals surface area contributed by atoms with Gasteiger partial charge < -0.3 is 5.73 Å². The van der Waals surface area contributed by atoms with Crippen LogP contribution in [0.5, 0.6) is 0 Å². The molecule has 0 aliphatic carbocycles. The SMILES string of the molecule is CC(/C=C\Cc1cccc(-c2ccccc2)c1)=C/N. The summed E-state index contributed by atoms with van der Waals surface area (Å²) in [5.74, 6) is 0. The molecule has 2 rings (SSSR count). The van der Waals surface area contributed by atoms with Crippen LogP contribution in [-0.2, 0) is 6.42 Å². The van der Waals surface area contributed by atoms with Gasteiger partial charge in [0.25, 0.3) is 0 Å². The van der Waals surface area contributed by atoms with Gasteiger partial charge in [0, 0.05) is 0 Å². The molecule has 0 aromatic heterocycles. The highest BCUT2D eigenvalue weighted by atomic mass is 14.5. The summed E-state index contributed by atoms with van der Waals surface area (Å²) in [5, 5.41) is 0. The molecule has 0 radical (unpaired) electrons. The van der Waals surface area contributed by atoms with E-state index >= 15 is 0 Å². The smallest absolute Gasteiger partial charge is 0.00327 e. The summed E-state index contributed by atoms with van der Waals surface area (Å²) < 4.78 is 0. The van der Waals surface area contributed by atoms with Crippen LogP contribution in [0, 0.1) is 0 Å². The first kappa shape index (κ1) is 13.2. The van der Waals surface area contributed by atoms with E-state index in [1.54, 1.807) is 6.20 Å². The first-order chi connectivity index (χ1) is 9.29. The quantitative estimate of drug-likeness (QED) is 0.803. The van der Waals surface area contributed by atoms with Gasteiger partial charge in [-0.15, -0.1) is 0 Å². The minimum absolute atomic E-state index is 0.922. The number of rotatable bonds is 4. The van der Waals surface area contributed by atoms with Crippen molar-refractivity contribution >= 4 is 0 Å². The van der Waals surface area contributed by atoms with E-state index in [4.69, 9.17) is 5.73 Å². The van der Waals surface area contributed by atoms with Crippen molar-refractivity contribution in [2.45, 2.75) is 13.3 Å². The van der Waals surface area contributed by atoms with Crippen molar-refractivity contribution < 1.29 is 0 Å². The molecule has 0 atom stereocenters. The Morgan fingerprint density at radius 1 is 1.00 bits per heavy atom. The number of hydrogen-bond acceptors (Lipinski definition) is 1. The normalized spacial score (nSPS) is 11.9. The average Bonchev–Trinajstić information content (AvgIpc) is 2.48. The van der Waals surface area contributed by atoms with E-state index < -0.39 is 0 Å². The molecule has 96 valence electrons. The number of hydrogen-bond donors (Lipinski definition) is 1. The third-order valence-electron chi connectivity index (χ3n) is 3.03. The van der Waals surface area contributed by atoms with Crippen molar-refractivity contribution in [2.24, 2.45) is 5.73 Å². The van der Waals surface area contributed by atoms with Crippen molar-refractivity contribution in [1.82, 2.24) is 0 Å². The first-order valence-corrected chi connectivity index (χ1v) is 6.49. The standard InChI is InChI=1S/C18H19N/c1-15(14-19)7-5-8-16-9-6-12-18(13-16)17-10-3-2-4-11-17/h2-7,9-14H,8,19H2,1H3/b7-5-,15-14-. The molecular weight excluding hydrogens is 230 g/mol. The minimum Gasteiger partial charge on any atom is -0.404 e. The van der Waals surface area contributed by atoms with Gasteiger partial charge in [0.15, 0.2) is 0 Å². The van der Waals surface area contributed by atoms with Crippen molar-refractivity contribution in [2.75, 3.05) is 0 Å². The lowest BCUT2D eigenvalue weighted by Crippen LogP contribution is -1.84. The van der Waals surface area contributed by atoms with E-state index in [1.807, 2.05) is 13.0 Å². The summed E-state index contributed by atoms with van der Waals surface area (Å²) in [6, 6.07) is 19.1. The number of benzene rings is 2. The van der Waals surface area contributed by atoms with Gasteiger partial charge >= 0.3 is 0 Å². The molecule has 0 unspecified atom stereocenters. The van der Waals surface area contributed by atoms with Crippen LogP contribution in [0.2, 0.25) is 0 Å². The van der Waals surface area contributed by atoms with Crippen LogP contribution in [0.25, 0.3) is 11.1 Å². The lowest BCUT2D eigenvalue weighted by molar-refractivity contribution is 1.26. The predicted molar refractivity (Wildman–Crippen MR) is 82.7 cm³/mol. The molecule has 0 aliphatic heterocycles. The molecule has 1 nitrogen and oxygen atoms in total.